The lowest BCUT2D eigenvalue weighted by atomic mass is 9.89. The highest BCUT2D eigenvalue weighted by molar-refractivity contribution is 7.86. The van der Waals surface area contributed by atoms with E-state index in [0.29, 0.717) is 18.6 Å². The van der Waals surface area contributed by atoms with Gasteiger partial charge in [0.1, 0.15) is 5.75 Å². The molecule has 1 aromatic rings. The number of methoxy groups -OCH3 is 1. The van der Waals surface area contributed by atoms with E-state index in [1.165, 1.54) is 13.2 Å². The number of ether oxygens (including phenoxy) is 1. The Morgan fingerprint density at radius 1 is 1.41 bits per heavy atom. The fraction of sp³-hybridized carbons (Fsp3) is 0.455. The fourth-order valence-electron chi connectivity index (χ4n) is 2.19. The lowest BCUT2D eigenvalue weighted by Crippen LogP contribution is -2.38. The predicted octanol–water partition coefficient (Wildman–Crippen LogP) is 1.06. The van der Waals surface area contributed by atoms with E-state index in [4.69, 9.17) is 4.74 Å². The summed E-state index contributed by atoms with van der Waals surface area (Å²) in [7, 11) is -3.11. The third-order valence-corrected chi connectivity index (χ3v) is 4.40. The Morgan fingerprint density at radius 2 is 2.12 bits per heavy atom. The van der Waals surface area contributed by atoms with Crippen LogP contribution in [0.5, 0.6) is 5.75 Å². The van der Waals surface area contributed by atoms with Crippen molar-refractivity contribution in [2.45, 2.75) is 24.2 Å². The molecule has 94 valence electrons. The predicted molar refractivity (Wildman–Crippen MR) is 61.4 cm³/mol. The minimum atomic E-state index is -4.56. The average Bonchev–Trinajstić information content (AvgIpc) is 2.28. The summed E-state index contributed by atoms with van der Waals surface area (Å²) in [4.78, 5) is -2.21. The van der Waals surface area contributed by atoms with Gasteiger partial charge in [-0.3, -0.25) is 4.55 Å². The summed E-state index contributed by atoms with van der Waals surface area (Å²) in [6, 6.07) is 4.88. The van der Waals surface area contributed by atoms with Crippen LogP contribution in [0.2, 0.25) is 0 Å². The van der Waals surface area contributed by atoms with Crippen molar-refractivity contribution >= 4 is 10.1 Å². The van der Waals surface area contributed by atoms with Crippen LogP contribution in [0.3, 0.4) is 0 Å². The fourth-order valence-corrected chi connectivity index (χ4v) is 3.06. The second-order valence-corrected chi connectivity index (χ2v) is 5.76. The molecule has 17 heavy (non-hydrogen) atoms. The van der Waals surface area contributed by atoms with Crippen molar-refractivity contribution < 1.29 is 22.8 Å². The van der Waals surface area contributed by atoms with Crippen LogP contribution in [-0.2, 0) is 21.5 Å². The monoisotopic (exact) mass is 258 g/mol. The number of aliphatic hydroxyl groups is 1. The molecule has 1 aliphatic rings. The molecule has 0 heterocycles. The third-order valence-electron chi connectivity index (χ3n) is 3.13. The van der Waals surface area contributed by atoms with Gasteiger partial charge in [-0.05, 0) is 37.0 Å². The second-order valence-electron chi connectivity index (χ2n) is 4.14. The van der Waals surface area contributed by atoms with Crippen LogP contribution in [-0.4, -0.2) is 25.2 Å². The molecule has 0 fully saturated rings. The highest BCUT2D eigenvalue weighted by atomic mass is 32.2. The SMILES string of the molecule is COc1ccc2c(c1)C(O)(S(=O)(=O)O)CCC2. The van der Waals surface area contributed by atoms with E-state index in [1.807, 2.05) is 0 Å². The zero-order valence-corrected chi connectivity index (χ0v) is 10.2. The summed E-state index contributed by atoms with van der Waals surface area (Å²) in [6.45, 7) is 0. The molecule has 0 spiro atoms. The lowest BCUT2D eigenvalue weighted by Gasteiger charge is -2.31. The molecule has 2 N–H and O–H groups in total. The topological polar surface area (TPSA) is 83.8 Å². The van der Waals surface area contributed by atoms with Crippen LogP contribution >= 0.6 is 0 Å². The summed E-state index contributed by atoms with van der Waals surface area (Å²) >= 11 is 0. The molecule has 6 heteroatoms. The van der Waals surface area contributed by atoms with Gasteiger partial charge in [-0.1, -0.05) is 6.07 Å². The highest BCUT2D eigenvalue weighted by Crippen LogP contribution is 2.40. The standard InChI is InChI=1S/C11H14O5S/c1-16-9-5-4-8-3-2-6-11(12,10(8)7-9)17(13,14)15/h4-5,7,12H,2-3,6H2,1H3,(H,13,14,15). The summed E-state index contributed by atoms with van der Waals surface area (Å²) < 4.78 is 36.9. The van der Waals surface area contributed by atoms with Crippen LogP contribution in [0, 0.1) is 0 Å². The van der Waals surface area contributed by atoms with Crippen LogP contribution in [0.15, 0.2) is 18.2 Å². The van der Waals surface area contributed by atoms with E-state index in [-0.39, 0.29) is 12.0 Å². The van der Waals surface area contributed by atoms with Gasteiger partial charge in [0.2, 0.25) is 4.93 Å². The van der Waals surface area contributed by atoms with Gasteiger partial charge in [-0.2, -0.15) is 8.42 Å². The quantitative estimate of drug-likeness (QED) is 0.775. The summed E-state index contributed by atoms with van der Waals surface area (Å²) in [5.74, 6) is 0.452. The Bertz CT molecular complexity index is 537. The Balaban J connectivity index is 2.64. The maximum absolute atomic E-state index is 11.3. The molecule has 0 aromatic heterocycles. The number of benzene rings is 1. The molecule has 1 aromatic carbocycles. The number of hydrogen-bond acceptors (Lipinski definition) is 4. The summed E-state index contributed by atoms with van der Waals surface area (Å²) in [6.07, 6.45) is 1.18. The molecular weight excluding hydrogens is 244 g/mol. The van der Waals surface area contributed by atoms with Gasteiger partial charge in [-0.15, -0.1) is 0 Å². The first-order valence-electron chi connectivity index (χ1n) is 5.25. The molecule has 0 saturated heterocycles. The van der Waals surface area contributed by atoms with Gasteiger partial charge in [0.05, 0.1) is 7.11 Å². The third kappa shape index (κ3) is 1.92. The molecule has 0 aliphatic heterocycles. The summed E-state index contributed by atoms with van der Waals surface area (Å²) in [5, 5.41) is 10.2. The first-order valence-corrected chi connectivity index (χ1v) is 6.69. The van der Waals surface area contributed by atoms with Crippen molar-refractivity contribution in [3.8, 4) is 5.75 Å². The van der Waals surface area contributed by atoms with Gasteiger partial charge >= 0.3 is 0 Å². The van der Waals surface area contributed by atoms with Crippen molar-refractivity contribution in [2.75, 3.05) is 7.11 Å². The minimum Gasteiger partial charge on any atom is -0.497 e. The largest absolute Gasteiger partial charge is 0.497 e. The van der Waals surface area contributed by atoms with Crippen molar-refractivity contribution in [1.29, 1.82) is 0 Å². The Hall–Kier alpha value is -1.11. The molecule has 1 atom stereocenters. The number of hydrogen-bond donors (Lipinski definition) is 2. The van der Waals surface area contributed by atoms with Gasteiger partial charge in [0.25, 0.3) is 10.1 Å². The van der Waals surface area contributed by atoms with Crippen molar-refractivity contribution in [3.05, 3.63) is 29.3 Å². The zero-order chi connectivity index (χ0) is 12.7. The zero-order valence-electron chi connectivity index (χ0n) is 9.38. The van der Waals surface area contributed by atoms with E-state index < -0.39 is 15.1 Å². The van der Waals surface area contributed by atoms with E-state index in [2.05, 4.69) is 0 Å². The normalized spacial score (nSPS) is 24.2. The second kappa shape index (κ2) is 3.97. The lowest BCUT2D eigenvalue weighted by molar-refractivity contribution is 0.0928. The van der Waals surface area contributed by atoms with Crippen LogP contribution in [0.1, 0.15) is 24.0 Å². The molecule has 5 nitrogen and oxygen atoms in total. The van der Waals surface area contributed by atoms with Crippen molar-refractivity contribution in [2.24, 2.45) is 0 Å². The van der Waals surface area contributed by atoms with Crippen LogP contribution in [0.25, 0.3) is 0 Å². The Labute approximate surface area is 99.8 Å². The van der Waals surface area contributed by atoms with Gasteiger partial charge < -0.3 is 9.84 Å². The first kappa shape index (κ1) is 12.3. The molecule has 2 rings (SSSR count). The Kier molecular flexibility index (Phi) is 2.89. The maximum atomic E-state index is 11.3. The highest BCUT2D eigenvalue weighted by Gasteiger charge is 2.45. The van der Waals surface area contributed by atoms with Gasteiger partial charge in [-0.25, -0.2) is 0 Å². The minimum absolute atomic E-state index is 0.00794. The smallest absolute Gasteiger partial charge is 0.299 e. The molecule has 0 saturated carbocycles. The first-order chi connectivity index (χ1) is 7.88. The van der Waals surface area contributed by atoms with Gasteiger partial charge in [0, 0.05) is 5.56 Å². The number of aryl methyl sites for hydroxylation is 1. The Morgan fingerprint density at radius 3 is 2.71 bits per heavy atom. The maximum Gasteiger partial charge on any atom is 0.299 e. The molecule has 0 amide bonds. The molecule has 0 radical (unpaired) electrons. The van der Waals surface area contributed by atoms with Gasteiger partial charge in [0.15, 0.2) is 0 Å². The number of fused-ring (bicyclic) bond motifs is 1. The van der Waals surface area contributed by atoms with Crippen LogP contribution < -0.4 is 4.74 Å². The van der Waals surface area contributed by atoms with E-state index in [9.17, 15) is 18.1 Å². The molecule has 0 bridgehead atoms. The van der Waals surface area contributed by atoms with E-state index >= 15 is 0 Å². The molecular formula is C11H14O5S. The average molecular weight is 258 g/mol. The van der Waals surface area contributed by atoms with Crippen molar-refractivity contribution in [3.63, 3.8) is 0 Å². The van der Waals surface area contributed by atoms with Crippen LogP contribution in [0.4, 0.5) is 0 Å². The van der Waals surface area contributed by atoms with E-state index in [1.54, 1.807) is 12.1 Å². The van der Waals surface area contributed by atoms with Crippen molar-refractivity contribution in [1.82, 2.24) is 0 Å². The number of rotatable bonds is 2. The summed E-state index contributed by atoms with van der Waals surface area (Å²) in [5.41, 5.74) is 0.933. The molecule has 1 aliphatic carbocycles. The molecule has 1 unspecified atom stereocenters. The van der Waals surface area contributed by atoms with E-state index in [0.717, 1.165) is 5.56 Å².